The molecule has 0 aromatic heterocycles. The van der Waals surface area contributed by atoms with Crippen LogP contribution < -0.4 is 11.1 Å². The molecule has 0 aliphatic heterocycles. The standard InChI is InChI=1S/C14H26N2O3/c1-4-9(5-2)13(16-8(3)17)11-6-10(14(18)19)7-12(11)15/h9-13H,4-7,15H2,1-3H3,(H,16,17)(H,18,19). The number of carboxylic acid groups (broad SMARTS) is 1. The minimum atomic E-state index is -0.774. The van der Waals surface area contributed by atoms with Crippen LogP contribution in [0.3, 0.4) is 0 Å². The highest BCUT2D eigenvalue weighted by atomic mass is 16.4. The van der Waals surface area contributed by atoms with Crippen molar-refractivity contribution >= 4 is 11.9 Å². The summed E-state index contributed by atoms with van der Waals surface area (Å²) in [5, 5.41) is 12.1. The first-order valence-electron chi connectivity index (χ1n) is 7.16. The van der Waals surface area contributed by atoms with Gasteiger partial charge in [-0.1, -0.05) is 26.7 Å². The highest BCUT2D eigenvalue weighted by molar-refractivity contribution is 5.73. The number of hydrogen-bond donors (Lipinski definition) is 3. The van der Waals surface area contributed by atoms with Gasteiger partial charge in [0, 0.05) is 19.0 Å². The van der Waals surface area contributed by atoms with E-state index in [9.17, 15) is 9.59 Å². The van der Waals surface area contributed by atoms with E-state index in [4.69, 9.17) is 10.8 Å². The maximum Gasteiger partial charge on any atom is 0.306 e. The molecule has 1 saturated carbocycles. The van der Waals surface area contributed by atoms with E-state index in [1.165, 1.54) is 6.92 Å². The maximum atomic E-state index is 11.4. The molecule has 1 fully saturated rings. The van der Waals surface area contributed by atoms with Gasteiger partial charge in [0.2, 0.25) is 5.91 Å². The molecular formula is C14H26N2O3. The molecule has 1 rings (SSSR count). The molecule has 19 heavy (non-hydrogen) atoms. The first-order valence-corrected chi connectivity index (χ1v) is 7.16. The lowest BCUT2D eigenvalue weighted by Crippen LogP contribution is -2.48. The van der Waals surface area contributed by atoms with Crippen LogP contribution in [0.4, 0.5) is 0 Å². The van der Waals surface area contributed by atoms with Gasteiger partial charge in [0.1, 0.15) is 0 Å². The van der Waals surface area contributed by atoms with Gasteiger partial charge in [-0.2, -0.15) is 0 Å². The summed E-state index contributed by atoms with van der Waals surface area (Å²) in [4.78, 5) is 22.5. The molecular weight excluding hydrogens is 244 g/mol. The second-order valence-electron chi connectivity index (χ2n) is 5.64. The van der Waals surface area contributed by atoms with Gasteiger partial charge >= 0.3 is 5.97 Å². The summed E-state index contributed by atoms with van der Waals surface area (Å²) in [5.41, 5.74) is 6.12. The quantitative estimate of drug-likeness (QED) is 0.679. The van der Waals surface area contributed by atoms with Crippen molar-refractivity contribution in [1.82, 2.24) is 5.32 Å². The van der Waals surface area contributed by atoms with E-state index >= 15 is 0 Å². The lowest BCUT2D eigenvalue weighted by atomic mass is 9.82. The van der Waals surface area contributed by atoms with Gasteiger partial charge in [-0.05, 0) is 24.7 Å². The van der Waals surface area contributed by atoms with Gasteiger partial charge in [-0.25, -0.2) is 0 Å². The van der Waals surface area contributed by atoms with Gasteiger partial charge in [0.15, 0.2) is 0 Å². The summed E-state index contributed by atoms with van der Waals surface area (Å²) in [5.74, 6) is -0.792. The van der Waals surface area contributed by atoms with E-state index in [0.717, 1.165) is 12.8 Å². The largest absolute Gasteiger partial charge is 0.481 e. The molecule has 5 heteroatoms. The zero-order chi connectivity index (χ0) is 14.6. The number of carbonyl (C=O) groups is 2. The summed E-state index contributed by atoms with van der Waals surface area (Å²) >= 11 is 0. The van der Waals surface area contributed by atoms with Crippen LogP contribution in [0.25, 0.3) is 0 Å². The maximum absolute atomic E-state index is 11.4. The Morgan fingerprint density at radius 2 is 1.89 bits per heavy atom. The predicted molar refractivity (Wildman–Crippen MR) is 73.5 cm³/mol. The second kappa shape index (κ2) is 6.89. The molecule has 0 bridgehead atoms. The van der Waals surface area contributed by atoms with Crippen LogP contribution >= 0.6 is 0 Å². The van der Waals surface area contributed by atoms with Crippen LogP contribution in [0.1, 0.15) is 46.5 Å². The number of hydrogen-bond acceptors (Lipinski definition) is 3. The SMILES string of the molecule is CCC(CC)C(NC(C)=O)C1CC(C(=O)O)CC1N. The van der Waals surface area contributed by atoms with Gasteiger partial charge in [-0.15, -0.1) is 0 Å². The molecule has 5 nitrogen and oxygen atoms in total. The number of carboxylic acids is 1. The third-order valence-electron chi connectivity index (χ3n) is 4.40. The van der Waals surface area contributed by atoms with Crippen LogP contribution in [-0.4, -0.2) is 29.1 Å². The van der Waals surface area contributed by atoms with Crippen molar-refractivity contribution in [2.75, 3.05) is 0 Å². The molecule has 110 valence electrons. The lowest BCUT2D eigenvalue weighted by molar-refractivity contribution is -0.141. The first kappa shape index (κ1) is 16.0. The number of nitrogens with two attached hydrogens (primary N) is 1. The Balaban J connectivity index is 2.85. The summed E-state index contributed by atoms with van der Waals surface area (Å²) in [7, 11) is 0. The van der Waals surface area contributed by atoms with Gasteiger partial charge < -0.3 is 16.2 Å². The summed E-state index contributed by atoms with van der Waals surface area (Å²) < 4.78 is 0. The molecule has 0 spiro atoms. The predicted octanol–water partition coefficient (Wildman–Crippen LogP) is 1.37. The fourth-order valence-electron chi connectivity index (χ4n) is 3.32. The zero-order valence-corrected chi connectivity index (χ0v) is 12.1. The van der Waals surface area contributed by atoms with E-state index < -0.39 is 5.97 Å². The van der Waals surface area contributed by atoms with E-state index in [-0.39, 0.29) is 29.8 Å². The van der Waals surface area contributed by atoms with Crippen molar-refractivity contribution in [2.45, 2.75) is 58.5 Å². The van der Waals surface area contributed by atoms with Crippen LogP contribution in [0, 0.1) is 17.8 Å². The van der Waals surface area contributed by atoms with Crippen molar-refractivity contribution in [3.8, 4) is 0 Å². The number of amides is 1. The Hall–Kier alpha value is -1.10. The number of nitrogens with one attached hydrogen (secondary N) is 1. The first-order chi connectivity index (χ1) is 8.90. The Labute approximate surface area is 114 Å². The molecule has 1 amide bonds. The fourth-order valence-corrected chi connectivity index (χ4v) is 3.32. The summed E-state index contributed by atoms with van der Waals surface area (Å²) in [6, 6.07) is -0.148. The van der Waals surface area contributed by atoms with E-state index in [0.29, 0.717) is 18.8 Å². The molecule has 0 aromatic carbocycles. The van der Waals surface area contributed by atoms with Crippen molar-refractivity contribution < 1.29 is 14.7 Å². The number of carbonyl (C=O) groups excluding carboxylic acids is 1. The van der Waals surface area contributed by atoms with Crippen LogP contribution in [0.2, 0.25) is 0 Å². The van der Waals surface area contributed by atoms with Crippen molar-refractivity contribution in [1.29, 1.82) is 0 Å². The summed E-state index contributed by atoms with van der Waals surface area (Å²) in [6.45, 7) is 5.70. The van der Waals surface area contributed by atoms with Gasteiger partial charge in [0.25, 0.3) is 0 Å². The highest BCUT2D eigenvalue weighted by Gasteiger charge is 2.42. The Kier molecular flexibility index (Phi) is 5.79. The third kappa shape index (κ3) is 3.93. The second-order valence-corrected chi connectivity index (χ2v) is 5.64. The van der Waals surface area contributed by atoms with Crippen LogP contribution in [0.15, 0.2) is 0 Å². The van der Waals surface area contributed by atoms with Crippen LogP contribution in [-0.2, 0) is 9.59 Å². The van der Waals surface area contributed by atoms with E-state index in [1.807, 2.05) is 0 Å². The van der Waals surface area contributed by atoms with Gasteiger partial charge in [0.05, 0.1) is 5.92 Å². The average Bonchev–Trinajstić information content (AvgIpc) is 2.71. The monoisotopic (exact) mass is 270 g/mol. The minimum Gasteiger partial charge on any atom is -0.481 e. The Morgan fingerprint density at radius 1 is 1.32 bits per heavy atom. The topological polar surface area (TPSA) is 92.4 Å². The average molecular weight is 270 g/mol. The molecule has 0 heterocycles. The zero-order valence-electron chi connectivity index (χ0n) is 12.1. The van der Waals surface area contributed by atoms with Gasteiger partial charge in [-0.3, -0.25) is 9.59 Å². The lowest BCUT2D eigenvalue weighted by Gasteiger charge is -2.33. The van der Waals surface area contributed by atoms with Crippen molar-refractivity contribution in [3.05, 3.63) is 0 Å². The fraction of sp³-hybridized carbons (Fsp3) is 0.857. The van der Waals surface area contributed by atoms with Crippen LogP contribution in [0.5, 0.6) is 0 Å². The molecule has 4 atom stereocenters. The minimum absolute atomic E-state index is 0.00755. The smallest absolute Gasteiger partial charge is 0.306 e. The van der Waals surface area contributed by atoms with Crippen molar-refractivity contribution in [3.63, 3.8) is 0 Å². The molecule has 0 saturated heterocycles. The molecule has 4 unspecified atom stereocenters. The molecule has 0 aromatic rings. The molecule has 1 aliphatic rings. The molecule has 4 N–H and O–H groups in total. The molecule has 0 radical (unpaired) electrons. The summed E-state index contributed by atoms with van der Waals surface area (Å²) in [6.07, 6.45) is 3.00. The van der Waals surface area contributed by atoms with E-state index in [2.05, 4.69) is 19.2 Å². The van der Waals surface area contributed by atoms with Crippen molar-refractivity contribution in [2.24, 2.45) is 23.5 Å². The normalized spacial score (nSPS) is 28.4. The number of rotatable bonds is 6. The molecule has 1 aliphatic carbocycles. The third-order valence-corrected chi connectivity index (χ3v) is 4.40. The Bertz CT molecular complexity index is 329. The highest BCUT2D eigenvalue weighted by Crippen LogP contribution is 2.36. The number of aliphatic carboxylic acids is 1. The van der Waals surface area contributed by atoms with E-state index in [1.54, 1.807) is 0 Å². The Morgan fingerprint density at radius 3 is 2.26 bits per heavy atom.